The summed E-state index contributed by atoms with van der Waals surface area (Å²) in [4.78, 5) is 0. The van der Waals surface area contributed by atoms with Gasteiger partial charge in [0, 0.05) is 0 Å². The van der Waals surface area contributed by atoms with Crippen LogP contribution in [0.5, 0.6) is 11.5 Å². The van der Waals surface area contributed by atoms with Gasteiger partial charge in [-0.25, -0.2) is 0 Å². The fraction of sp³-hybridized carbons (Fsp3) is 0. The summed E-state index contributed by atoms with van der Waals surface area (Å²) in [6.07, 6.45) is 0. The SMILES string of the molecule is Oc1ccc(-c2cccc(P)c2-c2ccc(O)cc2)cc1. The molecule has 3 aromatic rings. The third-order valence-electron chi connectivity index (χ3n) is 3.43. The van der Waals surface area contributed by atoms with Crippen molar-refractivity contribution in [3.8, 4) is 33.8 Å². The Morgan fingerprint density at radius 3 is 1.71 bits per heavy atom. The van der Waals surface area contributed by atoms with Gasteiger partial charge < -0.3 is 10.2 Å². The number of hydrogen-bond donors (Lipinski definition) is 2. The molecule has 2 N–H and O–H groups in total. The van der Waals surface area contributed by atoms with Crippen LogP contribution in [-0.4, -0.2) is 10.2 Å². The van der Waals surface area contributed by atoms with Gasteiger partial charge in [-0.3, -0.25) is 0 Å². The average Bonchev–Trinajstić information content (AvgIpc) is 2.49. The molecular weight excluding hydrogens is 279 g/mol. The van der Waals surface area contributed by atoms with Crippen molar-refractivity contribution in [3.63, 3.8) is 0 Å². The molecule has 0 fully saturated rings. The zero-order valence-electron chi connectivity index (χ0n) is 11.3. The molecule has 0 aliphatic rings. The molecule has 1 unspecified atom stereocenters. The van der Waals surface area contributed by atoms with Crippen LogP contribution in [0.25, 0.3) is 22.3 Å². The molecule has 0 saturated carbocycles. The lowest BCUT2D eigenvalue weighted by molar-refractivity contribution is 0.475. The second-order valence-corrected chi connectivity index (χ2v) is 5.49. The maximum absolute atomic E-state index is 9.46. The van der Waals surface area contributed by atoms with E-state index >= 15 is 0 Å². The van der Waals surface area contributed by atoms with E-state index in [1.165, 1.54) is 0 Å². The second kappa shape index (κ2) is 5.59. The van der Waals surface area contributed by atoms with Gasteiger partial charge in [-0.05, 0) is 51.8 Å². The van der Waals surface area contributed by atoms with E-state index in [1.54, 1.807) is 24.3 Å². The van der Waals surface area contributed by atoms with E-state index < -0.39 is 0 Å². The van der Waals surface area contributed by atoms with Gasteiger partial charge in [0.05, 0.1) is 0 Å². The largest absolute Gasteiger partial charge is 0.508 e. The van der Waals surface area contributed by atoms with Gasteiger partial charge in [0.15, 0.2) is 0 Å². The molecule has 3 aromatic carbocycles. The number of rotatable bonds is 2. The standard InChI is InChI=1S/C18H15O2P/c19-14-8-4-12(5-9-14)16-2-1-3-17(21)18(16)13-6-10-15(20)11-7-13/h1-11,19-20H,21H2. The van der Waals surface area contributed by atoms with Crippen molar-refractivity contribution in [2.45, 2.75) is 0 Å². The fourth-order valence-electron chi connectivity index (χ4n) is 2.40. The van der Waals surface area contributed by atoms with Crippen LogP contribution in [0.2, 0.25) is 0 Å². The van der Waals surface area contributed by atoms with Crippen molar-refractivity contribution in [2.24, 2.45) is 0 Å². The van der Waals surface area contributed by atoms with Crippen LogP contribution < -0.4 is 5.30 Å². The van der Waals surface area contributed by atoms with Crippen molar-refractivity contribution in [1.29, 1.82) is 0 Å². The van der Waals surface area contributed by atoms with E-state index in [-0.39, 0.29) is 11.5 Å². The molecule has 3 rings (SSSR count). The summed E-state index contributed by atoms with van der Waals surface area (Å²) < 4.78 is 0. The molecule has 104 valence electrons. The molecule has 2 nitrogen and oxygen atoms in total. The molecule has 0 bridgehead atoms. The lowest BCUT2D eigenvalue weighted by Gasteiger charge is -2.13. The Balaban J connectivity index is 2.20. The third-order valence-corrected chi connectivity index (χ3v) is 3.91. The normalized spacial score (nSPS) is 10.5. The zero-order valence-corrected chi connectivity index (χ0v) is 12.5. The molecule has 0 radical (unpaired) electrons. The smallest absolute Gasteiger partial charge is 0.115 e. The highest BCUT2D eigenvalue weighted by molar-refractivity contribution is 7.28. The summed E-state index contributed by atoms with van der Waals surface area (Å²) >= 11 is 0. The zero-order chi connectivity index (χ0) is 14.8. The first-order valence-corrected chi connectivity index (χ1v) is 7.20. The highest BCUT2D eigenvalue weighted by atomic mass is 31.0. The Morgan fingerprint density at radius 2 is 1.14 bits per heavy atom. The van der Waals surface area contributed by atoms with E-state index in [0.29, 0.717) is 0 Å². The molecular formula is C18H15O2P. The summed E-state index contributed by atoms with van der Waals surface area (Å²) in [5.41, 5.74) is 4.28. The lowest BCUT2D eigenvalue weighted by atomic mass is 9.94. The van der Waals surface area contributed by atoms with Crippen LogP contribution in [0.1, 0.15) is 0 Å². The van der Waals surface area contributed by atoms with Gasteiger partial charge >= 0.3 is 0 Å². The predicted molar refractivity (Wildman–Crippen MR) is 90.0 cm³/mol. The van der Waals surface area contributed by atoms with Crippen LogP contribution >= 0.6 is 9.24 Å². The quantitative estimate of drug-likeness (QED) is 0.703. The minimum absolute atomic E-state index is 0.256. The molecule has 0 spiro atoms. The van der Waals surface area contributed by atoms with E-state index in [2.05, 4.69) is 15.3 Å². The monoisotopic (exact) mass is 294 g/mol. The summed E-state index contributed by atoms with van der Waals surface area (Å²) in [5, 5.41) is 20.0. The van der Waals surface area contributed by atoms with Gasteiger partial charge in [-0.15, -0.1) is 9.24 Å². The second-order valence-electron chi connectivity index (χ2n) is 4.86. The van der Waals surface area contributed by atoms with E-state index in [0.717, 1.165) is 27.6 Å². The number of benzene rings is 3. The Bertz CT molecular complexity index is 762. The van der Waals surface area contributed by atoms with Gasteiger partial charge in [0.2, 0.25) is 0 Å². The predicted octanol–water partition coefficient (Wildman–Crippen LogP) is 3.93. The molecule has 21 heavy (non-hydrogen) atoms. The lowest BCUT2D eigenvalue weighted by Crippen LogP contribution is -1.99. The first kappa shape index (κ1) is 13.7. The molecule has 1 atom stereocenters. The molecule has 0 amide bonds. The van der Waals surface area contributed by atoms with Crippen LogP contribution in [0, 0.1) is 0 Å². The Labute approximate surface area is 125 Å². The van der Waals surface area contributed by atoms with Crippen molar-refractivity contribution in [1.82, 2.24) is 0 Å². The van der Waals surface area contributed by atoms with Crippen molar-refractivity contribution < 1.29 is 10.2 Å². The summed E-state index contributed by atoms with van der Waals surface area (Å²) in [5.74, 6) is 0.512. The number of phenolic OH excluding ortho intramolecular Hbond substituents is 2. The molecule has 0 aromatic heterocycles. The maximum atomic E-state index is 9.46. The van der Waals surface area contributed by atoms with E-state index in [9.17, 15) is 10.2 Å². The number of aromatic hydroxyl groups is 2. The minimum atomic E-state index is 0.256. The van der Waals surface area contributed by atoms with Gasteiger partial charge in [0.1, 0.15) is 11.5 Å². The average molecular weight is 294 g/mol. The highest BCUT2D eigenvalue weighted by Gasteiger charge is 2.10. The van der Waals surface area contributed by atoms with Crippen molar-refractivity contribution >= 4 is 14.5 Å². The van der Waals surface area contributed by atoms with Crippen LogP contribution in [0.15, 0.2) is 66.7 Å². The number of hydrogen-bond acceptors (Lipinski definition) is 2. The first-order valence-electron chi connectivity index (χ1n) is 6.62. The first-order chi connectivity index (χ1) is 10.1. The van der Waals surface area contributed by atoms with Gasteiger partial charge in [0.25, 0.3) is 0 Å². The topological polar surface area (TPSA) is 40.5 Å². The Hall–Kier alpha value is -2.31. The summed E-state index contributed by atoms with van der Waals surface area (Å²) in [6, 6.07) is 20.5. The van der Waals surface area contributed by atoms with E-state index in [4.69, 9.17) is 0 Å². The van der Waals surface area contributed by atoms with E-state index in [1.807, 2.05) is 36.4 Å². The number of phenols is 2. The summed E-state index contributed by atoms with van der Waals surface area (Å²) in [7, 11) is 2.75. The Morgan fingerprint density at radius 1 is 0.619 bits per heavy atom. The Kier molecular flexibility index (Phi) is 3.64. The van der Waals surface area contributed by atoms with Crippen molar-refractivity contribution in [3.05, 3.63) is 66.7 Å². The van der Waals surface area contributed by atoms with Gasteiger partial charge in [-0.2, -0.15) is 0 Å². The van der Waals surface area contributed by atoms with Crippen LogP contribution in [-0.2, 0) is 0 Å². The highest BCUT2D eigenvalue weighted by Crippen LogP contribution is 2.33. The minimum Gasteiger partial charge on any atom is -0.508 e. The maximum Gasteiger partial charge on any atom is 0.115 e. The molecule has 0 aliphatic heterocycles. The third kappa shape index (κ3) is 2.76. The van der Waals surface area contributed by atoms with Gasteiger partial charge in [-0.1, -0.05) is 42.5 Å². The molecule has 0 heterocycles. The van der Waals surface area contributed by atoms with Crippen molar-refractivity contribution in [2.75, 3.05) is 0 Å². The molecule has 0 saturated heterocycles. The fourth-order valence-corrected chi connectivity index (χ4v) is 2.84. The summed E-state index contributed by atoms with van der Waals surface area (Å²) in [6.45, 7) is 0. The molecule has 3 heteroatoms. The van der Waals surface area contributed by atoms with Crippen LogP contribution in [0.3, 0.4) is 0 Å². The molecule has 0 aliphatic carbocycles. The van der Waals surface area contributed by atoms with Crippen LogP contribution in [0.4, 0.5) is 0 Å².